The van der Waals surface area contributed by atoms with Crippen LogP contribution in [0, 0.1) is 11.8 Å². The van der Waals surface area contributed by atoms with Gasteiger partial charge in [0.05, 0.1) is 11.4 Å². The minimum atomic E-state index is 0.709. The highest BCUT2D eigenvalue weighted by Gasteiger charge is 2.06. The second-order valence-corrected chi connectivity index (χ2v) is 7.01. The molecule has 0 amide bonds. The summed E-state index contributed by atoms with van der Waals surface area (Å²) in [5.41, 5.74) is 4.70. The van der Waals surface area contributed by atoms with E-state index in [0.717, 1.165) is 37.1 Å². The SMILES string of the molecule is CCC(CC(C)CC)=Nc1ccc(N=C(CC)CC(C)CC)cc1. The molecule has 0 saturated carbocycles. The number of hydrogen-bond acceptors (Lipinski definition) is 2. The molecule has 0 aliphatic carbocycles. The second kappa shape index (κ2) is 11.2. The molecular formula is C22H36N2. The molecule has 0 spiro atoms. The normalized spacial score (nSPS) is 15.4. The van der Waals surface area contributed by atoms with E-state index < -0.39 is 0 Å². The number of aliphatic imine (C=N–C) groups is 2. The Bertz CT molecular complexity index is 476. The Labute approximate surface area is 149 Å². The average molecular weight is 329 g/mol. The first kappa shape index (κ1) is 20.6. The van der Waals surface area contributed by atoms with E-state index in [2.05, 4.69) is 65.8 Å². The van der Waals surface area contributed by atoms with E-state index in [0.29, 0.717) is 11.8 Å². The van der Waals surface area contributed by atoms with Crippen molar-refractivity contribution in [2.75, 3.05) is 0 Å². The first-order valence-electron chi connectivity index (χ1n) is 9.75. The largest absolute Gasteiger partial charge is 0.258 e. The monoisotopic (exact) mass is 328 g/mol. The van der Waals surface area contributed by atoms with Crippen molar-refractivity contribution in [2.24, 2.45) is 21.8 Å². The Kier molecular flexibility index (Phi) is 9.59. The lowest BCUT2D eigenvalue weighted by Crippen LogP contribution is -2.03. The van der Waals surface area contributed by atoms with Crippen LogP contribution >= 0.6 is 0 Å². The fourth-order valence-electron chi connectivity index (χ4n) is 2.60. The van der Waals surface area contributed by atoms with E-state index in [1.54, 1.807) is 0 Å². The zero-order valence-electron chi connectivity index (χ0n) is 16.6. The van der Waals surface area contributed by atoms with Crippen LogP contribution in [0.2, 0.25) is 0 Å². The van der Waals surface area contributed by atoms with Gasteiger partial charge in [0.25, 0.3) is 0 Å². The maximum Gasteiger partial charge on any atom is 0.0630 e. The van der Waals surface area contributed by atoms with Crippen LogP contribution in [0.1, 0.15) is 80.1 Å². The van der Waals surface area contributed by atoms with Crippen LogP contribution in [0.25, 0.3) is 0 Å². The summed E-state index contributed by atoms with van der Waals surface area (Å²) in [6.45, 7) is 13.5. The van der Waals surface area contributed by atoms with Crippen molar-refractivity contribution in [2.45, 2.75) is 80.1 Å². The predicted molar refractivity (Wildman–Crippen MR) is 109 cm³/mol. The van der Waals surface area contributed by atoms with Gasteiger partial charge in [0.1, 0.15) is 0 Å². The molecule has 2 unspecified atom stereocenters. The van der Waals surface area contributed by atoms with Crippen molar-refractivity contribution < 1.29 is 0 Å². The minimum Gasteiger partial charge on any atom is -0.258 e. The first-order valence-corrected chi connectivity index (χ1v) is 9.75. The Morgan fingerprint density at radius 1 is 0.708 bits per heavy atom. The fraction of sp³-hybridized carbons (Fsp3) is 0.636. The Morgan fingerprint density at radius 3 is 1.29 bits per heavy atom. The third kappa shape index (κ3) is 7.42. The van der Waals surface area contributed by atoms with Crippen LogP contribution in [-0.2, 0) is 0 Å². The van der Waals surface area contributed by atoms with Gasteiger partial charge in [-0.25, -0.2) is 0 Å². The van der Waals surface area contributed by atoms with E-state index in [-0.39, 0.29) is 0 Å². The van der Waals surface area contributed by atoms with Crippen LogP contribution in [0.15, 0.2) is 34.3 Å². The van der Waals surface area contributed by atoms with Gasteiger partial charge >= 0.3 is 0 Å². The van der Waals surface area contributed by atoms with Crippen LogP contribution in [-0.4, -0.2) is 11.4 Å². The molecule has 134 valence electrons. The molecular weight excluding hydrogens is 292 g/mol. The highest BCUT2D eigenvalue weighted by molar-refractivity contribution is 5.88. The summed E-state index contributed by atoms with van der Waals surface area (Å²) in [6, 6.07) is 8.40. The predicted octanol–water partition coefficient (Wildman–Crippen LogP) is 7.52. The number of benzene rings is 1. The van der Waals surface area contributed by atoms with Gasteiger partial charge in [0.2, 0.25) is 0 Å². The zero-order valence-corrected chi connectivity index (χ0v) is 16.6. The Balaban J connectivity index is 2.83. The molecule has 0 bridgehead atoms. The van der Waals surface area contributed by atoms with Crippen molar-refractivity contribution in [1.29, 1.82) is 0 Å². The van der Waals surface area contributed by atoms with Gasteiger partial charge in [0, 0.05) is 11.4 Å². The van der Waals surface area contributed by atoms with Gasteiger partial charge in [-0.3, -0.25) is 9.98 Å². The average Bonchev–Trinajstić information content (AvgIpc) is 2.61. The maximum absolute atomic E-state index is 4.84. The van der Waals surface area contributed by atoms with Crippen LogP contribution in [0.4, 0.5) is 11.4 Å². The standard InChI is InChI=1S/C22H36N2/c1-7-17(5)15-19(9-3)23-21-11-13-22(14-12-21)24-20(10-4)16-18(6)8-2/h11-14,17-18H,7-10,15-16H2,1-6H3. The molecule has 0 saturated heterocycles. The molecule has 1 rings (SSSR count). The summed E-state index contributed by atoms with van der Waals surface area (Å²) in [5, 5.41) is 0. The summed E-state index contributed by atoms with van der Waals surface area (Å²) < 4.78 is 0. The molecule has 2 nitrogen and oxygen atoms in total. The van der Waals surface area contributed by atoms with Gasteiger partial charge in [0.15, 0.2) is 0 Å². The summed E-state index contributed by atoms with van der Waals surface area (Å²) in [6.07, 6.45) is 6.67. The quantitative estimate of drug-likeness (QED) is 0.397. The van der Waals surface area contributed by atoms with Crippen molar-refractivity contribution in [3.05, 3.63) is 24.3 Å². The van der Waals surface area contributed by atoms with Crippen molar-refractivity contribution in [3.8, 4) is 0 Å². The van der Waals surface area contributed by atoms with E-state index in [1.807, 2.05) is 0 Å². The summed E-state index contributed by atoms with van der Waals surface area (Å²) in [5.74, 6) is 1.42. The highest BCUT2D eigenvalue weighted by Crippen LogP contribution is 2.22. The smallest absolute Gasteiger partial charge is 0.0630 e. The van der Waals surface area contributed by atoms with E-state index >= 15 is 0 Å². The Morgan fingerprint density at radius 2 is 1.04 bits per heavy atom. The summed E-state index contributed by atoms with van der Waals surface area (Å²) >= 11 is 0. The minimum absolute atomic E-state index is 0.709. The molecule has 24 heavy (non-hydrogen) atoms. The van der Waals surface area contributed by atoms with E-state index in [1.165, 1.54) is 24.3 Å². The lowest BCUT2D eigenvalue weighted by molar-refractivity contribution is 0.583. The van der Waals surface area contributed by atoms with Crippen LogP contribution in [0.5, 0.6) is 0 Å². The van der Waals surface area contributed by atoms with Crippen molar-refractivity contribution in [3.63, 3.8) is 0 Å². The zero-order chi connectivity index (χ0) is 17.9. The second-order valence-electron chi connectivity index (χ2n) is 7.01. The molecule has 0 aromatic heterocycles. The summed E-state index contributed by atoms with van der Waals surface area (Å²) in [4.78, 5) is 9.67. The molecule has 0 fully saturated rings. The van der Waals surface area contributed by atoms with Crippen LogP contribution < -0.4 is 0 Å². The third-order valence-corrected chi connectivity index (χ3v) is 4.80. The number of rotatable bonds is 10. The molecule has 1 aromatic rings. The van der Waals surface area contributed by atoms with Gasteiger partial charge in [-0.05, 0) is 61.8 Å². The molecule has 2 heteroatoms. The molecule has 0 N–H and O–H groups in total. The van der Waals surface area contributed by atoms with Gasteiger partial charge in [-0.1, -0.05) is 54.4 Å². The molecule has 0 aliphatic rings. The lowest BCUT2D eigenvalue weighted by atomic mass is 10.00. The number of hydrogen-bond donors (Lipinski definition) is 0. The molecule has 0 aliphatic heterocycles. The van der Waals surface area contributed by atoms with Gasteiger partial charge in [-0.15, -0.1) is 0 Å². The van der Waals surface area contributed by atoms with Gasteiger partial charge < -0.3 is 0 Å². The summed E-state index contributed by atoms with van der Waals surface area (Å²) in [7, 11) is 0. The maximum atomic E-state index is 4.84. The Hall–Kier alpha value is -1.44. The molecule has 0 radical (unpaired) electrons. The molecule has 0 heterocycles. The third-order valence-electron chi connectivity index (χ3n) is 4.80. The first-order chi connectivity index (χ1) is 11.5. The highest BCUT2D eigenvalue weighted by atomic mass is 14.8. The lowest BCUT2D eigenvalue weighted by Gasteiger charge is -2.11. The number of nitrogens with zero attached hydrogens (tertiary/aromatic N) is 2. The van der Waals surface area contributed by atoms with Crippen molar-refractivity contribution >= 4 is 22.8 Å². The van der Waals surface area contributed by atoms with Crippen LogP contribution in [0.3, 0.4) is 0 Å². The van der Waals surface area contributed by atoms with E-state index in [4.69, 9.17) is 9.98 Å². The van der Waals surface area contributed by atoms with E-state index in [9.17, 15) is 0 Å². The topological polar surface area (TPSA) is 24.7 Å². The van der Waals surface area contributed by atoms with Crippen molar-refractivity contribution in [1.82, 2.24) is 0 Å². The molecule has 2 atom stereocenters. The molecule has 1 aromatic carbocycles. The fourth-order valence-corrected chi connectivity index (χ4v) is 2.60. The van der Waals surface area contributed by atoms with Gasteiger partial charge in [-0.2, -0.15) is 0 Å².